The normalized spacial score (nSPS) is 37.8. The first-order valence-electron chi connectivity index (χ1n) is 8.43. The lowest BCUT2D eigenvalue weighted by Gasteiger charge is -2.40. The molecular formula is C16H30N2O2. The van der Waals surface area contributed by atoms with Crippen molar-refractivity contribution in [2.45, 2.75) is 56.8 Å². The first-order valence-corrected chi connectivity index (χ1v) is 8.43. The number of piperidine rings is 2. The number of aliphatic hydroxyl groups is 1. The molecule has 0 aromatic carbocycles. The van der Waals surface area contributed by atoms with Crippen LogP contribution in [0.4, 0.5) is 0 Å². The highest BCUT2D eigenvalue weighted by Gasteiger charge is 2.32. The van der Waals surface area contributed by atoms with Crippen molar-refractivity contribution >= 4 is 0 Å². The molecule has 0 aromatic rings. The minimum atomic E-state index is -0.0941. The predicted molar refractivity (Wildman–Crippen MR) is 79.8 cm³/mol. The molecule has 0 bridgehead atoms. The van der Waals surface area contributed by atoms with Gasteiger partial charge in [-0.2, -0.15) is 0 Å². The average molecular weight is 282 g/mol. The first-order chi connectivity index (χ1) is 9.69. The summed E-state index contributed by atoms with van der Waals surface area (Å²) in [6.07, 6.45) is 7.52. The van der Waals surface area contributed by atoms with E-state index in [1.54, 1.807) is 0 Å². The number of aliphatic hydroxyl groups excluding tert-OH is 1. The van der Waals surface area contributed by atoms with Crippen molar-refractivity contribution in [3.8, 4) is 0 Å². The van der Waals surface area contributed by atoms with Crippen molar-refractivity contribution in [1.29, 1.82) is 0 Å². The van der Waals surface area contributed by atoms with Gasteiger partial charge in [-0.05, 0) is 58.0 Å². The molecule has 1 saturated carbocycles. The van der Waals surface area contributed by atoms with Crippen LogP contribution in [0.1, 0.15) is 38.5 Å². The average Bonchev–Trinajstić information content (AvgIpc) is 2.39. The molecule has 1 N–H and O–H groups in total. The lowest BCUT2D eigenvalue weighted by molar-refractivity contribution is -0.117. The summed E-state index contributed by atoms with van der Waals surface area (Å²) >= 11 is 0. The van der Waals surface area contributed by atoms with Gasteiger partial charge in [0, 0.05) is 26.2 Å². The Morgan fingerprint density at radius 1 is 1.05 bits per heavy atom. The highest BCUT2D eigenvalue weighted by Crippen LogP contribution is 2.27. The monoisotopic (exact) mass is 282 g/mol. The Hall–Kier alpha value is -0.160. The summed E-state index contributed by atoms with van der Waals surface area (Å²) in [5.74, 6) is 0.869. The summed E-state index contributed by atoms with van der Waals surface area (Å²) in [6, 6.07) is 0. The highest BCUT2D eigenvalue weighted by atomic mass is 16.5. The van der Waals surface area contributed by atoms with Gasteiger partial charge >= 0.3 is 0 Å². The van der Waals surface area contributed by atoms with E-state index in [9.17, 15) is 5.11 Å². The summed E-state index contributed by atoms with van der Waals surface area (Å²) in [5, 5.41) is 9.30. The molecule has 3 fully saturated rings. The predicted octanol–water partition coefficient (Wildman–Crippen LogP) is 1.33. The van der Waals surface area contributed by atoms with Crippen LogP contribution in [0.25, 0.3) is 0 Å². The van der Waals surface area contributed by atoms with Crippen molar-refractivity contribution < 1.29 is 9.84 Å². The van der Waals surface area contributed by atoms with E-state index in [4.69, 9.17) is 4.74 Å². The van der Waals surface area contributed by atoms with Gasteiger partial charge in [-0.3, -0.25) is 0 Å². The van der Waals surface area contributed by atoms with E-state index in [1.807, 2.05) is 0 Å². The van der Waals surface area contributed by atoms with Crippen LogP contribution >= 0.6 is 0 Å². The molecule has 0 aromatic heterocycles. The van der Waals surface area contributed by atoms with Crippen molar-refractivity contribution in [3.63, 3.8) is 0 Å². The van der Waals surface area contributed by atoms with E-state index in [0.29, 0.717) is 12.2 Å². The Kier molecular flexibility index (Phi) is 4.97. The Morgan fingerprint density at radius 2 is 1.80 bits per heavy atom. The molecule has 3 aliphatic rings. The summed E-state index contributed by atoms with van der Waals surface area (Å²) in [4.78, 5) is 5.12. The zero-order valence-corrected chi connectivity index (χ0v) is 12.8. The lowest BCUT2D eigenvalue weighted by Crippen LogP contribution is -2.45. The molecular weight excluding hydrogens is 252 g/mol. The Bertz CT molecular complexity index is 299. The van der Waals surface area contributed by atoms with Gasteiger partial charge in [-0.1, -0.05) is 0 Å². The van der Waals surface area contributed by atoms with E-state index < -0.39 is 0 Å². The van der Waals surface area contributed by atoms with E-state index in [-0.39, 0.29) is 6.10 Å². The summed E-state index contributed by atoms with van der Waals surface area (Å²) < 4.78 is 6.06. The maximum absolute atomic E-state index is 9.30. The van der Waals surface area contributed by atoms with Gasteiger partial charge in [0.1, 0.15) is 0 Å². The summed E-state index contributed by atoms with van der Waals surface area (Å²) in [5.41, 5.74) is 0. The van der Waals surface area contributed by atoms with Crippen LogP contribution in [0.15, 0.2) is 0 Å². The van der Waals surface area contributed by atoms with E-state index in [1.165, 1.54) is 58.4 Å². The van der Waals surface area contributed by atoms with E-state index in [2.05, 4.69) is 16.8 Å². The topological polar surface area (TPSA) is 35.9 Å². The van der Waals surface area contributed by atoms with Gasteiger partial charge in [0.05, 0.1) is 18.3 Å². The number of rotatable bonds is 4. The van der Waals surface area contributed by atoms with Gasteiger partial charge < -0.3 is 19.6 Å². The number of nitrogens with zero attached hydrogens (tertiary/aromatic N) is 2. The maximum Gasteiger partial charge on any atom is 0.0628 e. The molecule has 0 amide bonds. The van der Waals surface area contributed by atoms with Crippen LogP contribution < -0.4 is 0 Å². The maximum atomic E-state index is 9.30. The van der Waals surface area contributed by atoms with Crippen molar-refractivity contribution in [2.75, 3.05) is 39.8 Å². The molecule has 2 aliphatic heterocycles. The molecule has 20 heavy (non-hydrogen) atoms. The van der Waals surface area contributed by atoms with Crippen LogP contribution in [0.5, 0.6) is 0 Å². The zero-order chi connectivity index (χ0) is 13.9. The summed E-state index contributed by atoms with van der Waals surface area (Å²) in [6.45, 7) is 6.22. The smallest absolute Gasteiger partial charge is 0.0628 e. The molecule has 0 spiro atoms. The largest absolute Gasteiger partial charge is 0.393 e. The number of hydrogen-bond acceptors (Lipinski definition) is 4. The number of likely N-dealkylation sites (tertiary alicyclic amines) is 2. The minimum Gasteiger partial charge on any atom is -0.393 e. The lowest BCUT2D eigenvalue weighted by atomic mass is 9.91. The van der Waals surface area contributed by atoms with Gasteiger partial charge in [-0.15, -0.1) is 0 Å². The number of hydrogen-bond donors (Lipinski definition) is 1. The van der Waals surface area contributed by atoms with Crippen LogP contribution in [-0.4, -0.2) is 73.0 Å². The Balaban J connectivity index is 1.33. The van der Waals surface area contributed by atoms with Crippen LogP contribution in [0.3, 0.4) is 0 Å². The second-order valence-electron chi connectivity index (χ2n) is 7.15. The first kappa shape index (κ1) is 14.8. The number of ether oxygens (including phenoxy) is 1. The second-order valence-corrected chi connectivity index (χ2v) is 7.15. The molecule has 2 saturated heterocycles. The van der Waals surface area contributed by atoms with Gasteiger partial charge in [0.2, 0.25) is 0 Å². The fourth-order valence-electron chi connectivity index (χ4n) is 3.94. The third-order valence-corrected chi connectivity index (χ3v) is 5.23. The van der Waals surface area contributed by atoms with Crippen LogP contribution in [0.2, 0.25) is 0 Å². The van der Waals surface area contributed by atoms with Gasteiger partial charge in [0.15, 0.2) is 0 Å². The standard InChI is InChI=1S/C16H30N2O2/c1-17-6-2-3-13(11-17)12-18-7-4-15(5-8-18)20-16-9-14(19)10-16/h13-16,19H,2-12H2,1H3/t13-,14?,16?/m1/s1. The van der Waals surface area contributed by atoms with E-state index in [0.717, 1.165) is 18.8 Å². The van der Waals surface area contributed by atoms with Crippen LogP contribution in [-0.2, 0) is 4.74 Å². The molecule has 1 aliphatic carbocycles. The fraction of sp³-hybridized carbons (Fsp3) is 1.00. The SMILES string of the molecule is CN1CCC[C@@H](CN2CCC(OC3CC(O)C3)CC2)C1. The Morgan fingerprint density at radius 3 is 2.45 bits per heavy atom. The molecule has 0 unspecified atom stereocenters. The third-order valence-electron chi connectivity index (χ3n) is 5.23. The van der Waals surface area contributed by atoms with Crippen molar-refractivity contribution in [3.05, 3.63) is 0 Å². The van der Waals surface area contributed by atoms with Gasteiger partial charge in [-0.25, -0.2) is 0 Å². The molecule has 0 radical (unpaired) electrons. The molecule has 3 rings (SSSR count). The highest BCUT2D eigenvalue weighted by molar-refractivity contribution is 4.83. The molecule has 116 valence electrons. The summed E-state index contributed by atoms with van der Waals surface area (Å²) in [7, 11) is 2.25. The van der Waals surface area contributed by atoms with Crippen LogP contribution in [0, 0.1) is 5.92 Å². The minimum absolute atomic E-state index is 0.0941. The Labute approximate surface area is 123 Å². The molecule has 4 nitrogen and oxygen atoms in total. The molecule has 2 heterocycles. The quantitative estimate of drug-likeness (QED) is 0.844. The molecule has 1 atom stereocenters. The molecule has 4 heteroatoms. The van der Waals surface area contributed by atoms with Crippen molar-refractivity contribution in [2.24, 2.45) is 5.92 Å². The third kappa shape index (κ3) is 3.94. The zero-order valence-electron chi connectivity index (χ0n) is 12.8. The fourth-order valence-corrected chi connectivity index (χ4v) is 3.94. The van der Waals surface area contributed by atoms with Gasteiger partial charge in [0.25, 0.3) is 0 Å². The van der Waals surface area contributed by atoms with E-state index >= 15 is 0 Å². The van der Waals surface area contributed by atoms with Crippen molar-refractivity contribution in [1.82, 2.24) is 9.80 Å². The second kappa shape index (κ2) is 6.73.